The van der Waals surface area contributed by atoms with Crippen molar-refractivity contribution in [3.05, 3.63) is 0 Å². The highest BCUT2D eigenvalue weighted by Crippen LogP contribution is 2.03. The Labute approximate surface area is 87.7 Å². The van der Waals surface area contributed by atoms with Crippen molar-refractivity contribution < 1.29 is 5.11 Å². The van der Waals surface area contributed by atoms with Crippen molar-refractivity contribution in [2.24, 2.45) is 0 Å². The molecule has 1 fully saturated rings. The number of rotatable bonds is 6. The van der Waals surface area contributed by atoms with Gasteiger partial charge in [-0.2, -0.15) is 0 Å². The molecule has 1 aliphatic rings. The van der Waals surface area contributed by atoms with Crippen LogP contribution in [0.4, 0.5) is 0 Å². The molecule has 0 atom stereocenters. The van der Waals surface area contributed by atoms with Gasteiger partial charge in [0, 0.05) is 32.7 Å². The number of hydrogen-bond acceptors (Lipinski definition) is 3. The molecular formula is C11H24N2O. The minimum Gasteiger partial charge on any atom is -0.395 e. The number of hydrogen-bond donors (Lipinski definition) is 1. The quantitative estimate of drug-likeness (QED) is 0.642. The second-order valence-electron chi connectivity index (χ2n) is 4.11. The largest absolute Gasteiger partial charge is 0.395 e. The Morgan fingerprint density at radius 3 is 2.00 bits per heavy atom. The van der Waals surface area contributed by atoms with Gasteiger partial charge in [-0.1, -0.05) is 19.8 Å². The maximum atomic E-state index is 8.80. The van der Waals surface area contributed by atoms with Gasteiger partial charge in [0.2, 0.25) is 0 Å². The van der Waals surface area contributed by atoms with E-state index in [1.165, 1.54) is 38.9 Å². The summed E-state index contributed by atoms with van der Waals surface area (Å²) in [5.74, 6) is 0. The third-order valence-corrected chi connectivity index (χ3v) is 2.96. The highest BCUT2D eigenvalue weighted by Gasteiger charge is 2.15. The summed E-state index contributed by atoms with van der Waals surface area (Å²) < 4.78 is 0. The van der Waals surface area contributed by atoms with Gasteiger partial charge in [0.15, 0.2) is 0 Å². The first-order valence-corrected chi connectivity index (χ1v) is 5.92. The lowest BCUT2D eigenvalue weighted by Crippen LogP contribution is -2.47. The lowest BCUT2D eigenvalue weighted by atomic mass is 10.2. The van der Waals surface area contributed by atoms with Crippen LogP contribution in [0.5, 0.6) is 0 Å². The number of piperazine rings is 1. The van der Waals surface area contributed by atoms with Crippen molar-refractivity contribution in [1.82, 2.24) is 9.80 Å². The molecule has 0 bridgehead atoms. The molecule has 0 aliphatic carbocycles. The molecule has 1 aliphatic heterocycles. The molecule has 3 nitrogen and oxygen atoms in total. The average molecular weight is 200 g/mol. The van der Waals surface area contributed by atoms with Gasteiger partial charge in [-0.05, 0) is 13.0 Å². The zero-order chi connectivity index (χ0) is 10.2. The van der Waals surface area contributed by atoms with Crippen LogP contribution in [-0.2, 0) is 0 Å². The molecule has 1 saturated heterocycles. The van der Waals surface area contributed by atoms with E-state index in [0.717, 1.165) is 19.6 Å². The van der Waals surface area contributed by atoms with Crippen LogP contribution in [0.25, 0.3) is 0 Å². The third-order valence-electron chi connectivity index (χ3n) is 2.96. The van der Waals surface area contributed by atoms with Crippen molar-refractivity contribution in [2.75, 3.05) is 45.9 Å². The van der Waals surface area contributed by atoms with Crippen LogP contribution >= 0.6 is 0 Å². The summed E-state index contributed by atoms with van der Waals surface area (Å²) in [6, 6.07) is 0. The number of β-amino-alcohol motifs (C(OH)–C–C–N with tert-alkyl or cyclic N) is 1. The van der Waals surface area contributed by atoms with Crippen LogP contribution in [-0.4, -0.2) is 60.8 Å². The van der Waals surface area contributed by atoms with Gasteiger partial charge in [0.1, 0.15) is 0 Å². The fourth-order valence-corrected chi connectivity index (χ4v) is 1.96. The normalized spacial score (nSPS) is 20.1. The van der Waals surface area contributed by atoms with Crippen LogP contribution in [0.15, 0.2) is 0 Å². The second kappa shape index (κ2) is 7.21. The van der Waals surface area contributed by atoms with E-state index in [-0.39, 0.29) is 0 Å². The Balaban J connectivity index is 2.03. The minimum atomic E-state index is 0.301. The van der Waals surface area contributed by atoms with E-state index in [1.54, 1.807) is 0 Å². The summed E-state index contributed by atoms with van der Waals surface area (Å²) in [5, 5.41) is 8.80. The van der Waals surface area contributed by atoms with Gasteiger partial charge in [-0.25, -0.2) is 0 Å². The van der Waals surface area contributed by atoms with Gasteiger partial charge in [0.05, 0.1) is 6.61 Å². The van der Waals surface area contributed by atoms with E-state index in [9.17, 15) is 0 Å². The van der Waals surface area contributed by atoms with Crippen LogP contribution in [0.1, 0.15) is 26.2 Å². The molecule has 1 rings (SSSR count). The molecule has 1 N–H and O–H groups in total. The van der Waals surface area contributed by atoms with Crippen molar-refractivity contribution in [3.8, 4) is 0 Å². The van der Waals surface area contributed by atoms with E-state index in [1.807, 2.05) is 0 Å². The van der Waals surface area contributed by atoms with Gasteiger partial charge < -0.3 is 10.0 Å². The fourth-order valence-electron chi connectivity index (χ4n) is 1.96. The van der Waals surface area contributed by atoms with Crippen molar-refractivity contribution in [1.29, 1.82) is 0 Å². The molecule has 0 aromatic rings. The Bertz CT molecular complexity index is 133. The summed E-state index contributed by atoms with van der Waals surface area (Å²) in [6.07, 6.45) is 4.01. The third kappa shape index (κ3) is 4.40. The molecular weight excluding hydrogens is 176 g/mol. The SMILES string of the molecule is CCCCCN1CCN(CCO)CC1. The molecule has 14 heavy (non-hydrogen) atoms. The Morgan fingerprint density at radius 1 is 0.929 bits per heavy atom. The summed E-state index contributed by atoms with van der Waals surface area (Å²) in [7, 11) is 0. The molecule has 0 saturated carbocycles. The van der Waals surface area contributed by atoms with Gasteiger partial charge in [-0.3, -0.25) is 4.90 Å². The van der Waals surface area contributed by atoms with Crippen LogP contribution in [0.3, 0.4) is 0 Å². The summed E-state index contributed by atoms with van der Waals surface area (Å²) >= 11 is 0. The smallest absolute Gasteiger partial charge is 0.0558 e. The van der Waals surface area contributed by atoms with Crippen LogP contribution in [0.2, 0.25) is 0 Å². The number of aliphatic hydroxyl groups excluding tert-OH is 1. The van der Waals surface area contributed by atoms with E-state index in [2.05, 4.69) is 16.7 Å². The van der Waals surface area contributed by atoms with Gasteiger partial charge in [-0.15, -0.1) is 0 Å². The lowest BCUT2D eigenvalue weighted by Gasteiger charge is -2.34. The lowest BCUT2D eigenvalue weighted by molar-refractivity contribution is 0.111. The van der Waals surface area contributed by atoms with Crippen molar-refractivity contribution >= 4 is 0 Å². The summed E-state index contributed by atoms with van der Waals surface area (Å²) in [5.41, 5.74) is 0. The van der Waals surface area contributed by atoms with Crippen LogP contribution in [0, 0.1) is 0 Å². The van der Waals surface area contributed by atoms with Crippen LogP contribution < -0.4 is 0 Å². The Morgan fingerprint density at radius 2 is 1.50 bits per heavy atom. The topological polar surface area (TPSA) is 26.7 Å². The number of unbranched alkanes of at least 4 members (excludes halogenated alkanes) is 2. The Kier molecular flexibility index (Phi) is 6.15. The number of aliphatic hydroxyl groups is 1. The zero-order valence-corrected chi connectivity index (χ0v) is 9.41. The minimum absolute atomic E-state index is 0.301. The first-order valence-electron chi connectivity index (χ1n) is 5.92. The standard InChI is InChI=1S/C11H24N2O/c1-2-3-4-5-12-6-8-13(9-7-12)10-11-14/h14H,2-11H2,1H3. The molecule has 0 amide bonds. The molecule has 84 valence electrons. The first kappa shape index (κ1) is 12.0. The predicted octanol–water partition coefficient (Wildman–Crippen LogP) is 0.786. The fraction of sp³-hybridized carbons (Fsp3) is 1.00. The Hall–Kier alpha value is -0.120. The monoisotopic (exact) mass is 200 g/mol. The van der Waals surface area contributed by atoms with E-state index in [0.29, 0.717) is 6.61 Å². The predicted molar refractivity (Wildman–Crippen MR) is 59.5 cm³/mol. The molecule has 0 radical (unpaired) electrons. The van der Waals surface area contributed by atoms with E-state index < -0.39 is 0 Å². The van der Waals surface area contributed by atoms with Crippen molar-refractivity contribution in [3.63, 3.8) is 0 Å². The molecule has 0 aromatic carbocycles. The maximum absolute atomic E-state index is 8.80. The number of nitrogens with zero attached hydrogens (tertiary/aromatic N) is 2. The van der Waals surface area contributed by atoms with E-state index >= 15 is 0 Å². The molecule has 3 heteroatoms. The van der Waals surface area contributed by atoms with Gasteiger partial charge in [0.25, 0.3) is 0 Å². The second-order valence-corrected chi connectivity index (χ2v) is 4.11. The molecule has 0 spiro atoms. The molecule has 0 unspecified atom stereocenters. The summed E-state index contributed by atoms with van der Waals surface area (Å²) in [6.45, 7) is 9.30. The highest BCUT2D eigenvalue weighted by atomic mass is 16.3. The summed E-state index contributed by atoms with van der Waals surface area (Å²) in [4.78, 5) is 4.89. The molecule has 1 heterocycles. The maximum Gasteiger partial charge on any atom is 0.0558 e. The zero-order valence-electron chi connectivity index (χ0n) is 9.41. The molecule has 0 aromatic heterocycles. The first-order chi connectivity index (χ1) is 6.86. The highest BCUT2D eigenvalue weighted by molar-refractivity contribution is 4.71. The average Bonchev–Trinajstić information content (AvgIpc) is 2.21. The van der Waals surface area contributed by atoms with Gasteiger partial charge >= 0.3 is 0 Å². The van der Waals surface area contributed by atoms with Crippen molar-refractivity contribution in [2.45, 2.75) is 26.2 Å². The van der Waals surface area contributed by atoms with E-state index in [4.69, 9.17) is 5.11 Å².